The number of nitrogens with one attached hydrogen (secondary N) is 2. The molecule has 140 valence electrons. The Balaban J connectivity index is 1.78. The number of rotatable bonds is 7. The molecule has 2 amide bonds. The zero-order chi connectivity index (χ0) is 19.2. The zero-order valence-electron chi connectivity index (χ0n) is 14.4. The third-order valence-corrected chi connectivity index (χ3v) is 3.97. The Hall–Kier alpha value is -3.69. The summed E-state index contributed by atoms with van der Waals surface area (Å²) in [6, 6.07) is 5.35. The van der Waals surface area contributed by atoms with E-state index in [-0.39, 0.29) is 11.7 Å². The first-order valence-electron chi connectivity index (χ1n) is 8.35. The average molecular weight is 369 g/mol. The van der Waals surface area contributed by atoms with Gasteiger partial charge < -0.3 is 21.5 Å². The Morgan fingerprint density at radius 3 is 2.56 bits per heavy atom. The quantitative estimate of drug-likeness (QED) is 0.457. The number of fused-ring (bicyclic) bond motifs is 1. The molecule has 5 N–H and O–H groups in total. The van der Waals surface area contributed by atoms with Crippen LogP contribution >= 0.6 is 0 Å². The maximum Gasteiger partial charge on any atom is 0.404 e. The number of carbonyl (C=O) groups excluding carboxylic acids is 1. The monoisotopic (exact) mass is 369 g/mol. The van der Waals surface area contributed by atoms with Crippen molar-refractivity contribution < 1.29 is 14.7 Å². The molecular formula is C17H19N7O3. The summed E-state index contributed by atoms with van der Waals surface area (Å²) < 4.78 is 1.59. The lowest BCUT2D eigenvalue weighted by Gasteiger charge is -2.05. The number of nitrogen functional groups attached to an aromatic ring is 1. The van der Waals surface area contributed by atoms with Crippen molar-refractivity contribution in [2.45, 2.75) is 12.8 Å². The van der Waals surface area contributed by atoms with E-state index in [9.17, 15) is 9.59 Å². The van der Waals surface area contributed by atoms with Crippen LogP contribution in [0.4, 0.5) is 10.6 Å². The number of nitrogens with zero attached hydrogens (tertiary/aromatic N) is 4. The van der Waals surface area contributed by atoms with Crippen LogP contribution in [0.3, 0.4) is 0 Å². The maximum atomic E-state index is 12.6. The first kappa shape index (κ1) is 18.1. The van der Waals surface area contributed by atoms with Crippen LogP contribution in [0, 0.1) is 0 Å². The number of carboxylic acid groups (broad SMARTS) is 1. The van der Waals surface area contributed by atoms with Gasteiger partial charge in [0, 0.05) is 31.0 Å². The molecule has 0 saturated heterocycles. The molecule has 0 spiro atoms. The molecule has 0 fully saturated rings. The van der Waals surface area contributed by atoms with Gasteiger partial charge in [0.15, 0.2) is 5.82 Å². The predicted octanol–water partition coefficient (Wildman–Crippen LogP) is 1.15. The van der Waals surface area contributed by atoms with E-state index in [1.165, 1.54) is 6.33 Å². The van der Waals surface area contributed by atoms with Crippen molar-refractivity contribution >= 4 is 23.3 Å². The number of pyridine rings is 1. The van der Waals surface area contributed by atoms with Gasteiger partial charge in [-0.25, -0.2) is 14.3 Å². The molecule has 0 aliphatic heterocycles. The van der Waals surface area contributed by atoms with Crippen LogP contribution in [0.25, 0.3) is 16.8 Å². The Bertz CT molecular complexity index is 956. The van der Waals surface area contributed by atoms with Crippen LogP contribution in [0.2, 0.25) is 0 Å². The van der Waals surface area contributed by atoms with E-state index in [2.05, 4.69) is 25.7 Å². The molecule has 0 aromatic carbocycles. The molecule has 10 nitrogen and oxygen atoms in total. The normalized spacial score (nSPS) is 10.7. The number of hydrogen-bond acceptors (Lipinski definition) is 6. The lowest BCUT2D eigenvalue weighted by molar-refractivity contribution is 0.0954. The standard InChI is InChI=1S/C17H19N7O3/c18-15-14-12(16(25)20-5-1-2-6-21-17(26)27)9-13(24(14)23-10-22-15)11-3-7-19-8-4-11/h3-4,7-10,21H,1-2,5-6H2,(H,20,25)(H,26,27)(H2,18,22,23). The fourth-order valence-corrected chi connectivity index (χ4v) is 2.71. The molecule has 27 heavy (non-hydrogen) atoms. The summed E-state index contributed by atoms with van der Waals surface area (Å²) >= 11 is 0. The summed E-state index contributed by atoms with van der Waals surface area (Å²) in [4.78, 5) is 31.0. The summed E-state index contributed by atoms with van der Waals surface area (Å²) in [6.07, 6.45) is 4.86. The highest BCUT2D eigenvalue weighted by Crippen LogP contribution is 2.27. The van der Waals surface area contributed by atoms with Crippen LogP contribution in [0.15, 0.2) is 36.9 Å². The van der Waals surface area contributed by atoms with Crippen LogP contribution in [-0.2, 0) is 0 Å². The lowest BCUT2D eigenvalue weighted by atomic mass is 10.1. The molecule has 0 radical (unpaired) electrons. The van der Waals surface area contributed by atoms with Gasteiger partial charge in [0.25, 0.3) is 5.91 Å². The Morgan fingerprint density at radius 2 is 1.85 bits per heavy atom. The van der Waals surface area contributed by atoms with Crippen LogP contribution in [-0.4, -0.2) is 49.8 Å². The molecule has 3 rings (SSSR count). The van der Waals surface area contributed by atoms with Crippen molar-refractivity contribution in [1.29, 1.82) is 0 Å². The number of amides is 2. The van der Waals surface area contributed by atoms with Gasteiger partial charge in [-0.3, -0.25) is 9.78 Å². The zero-order valence-corrected chi connectivity index (χ0v) is 14.4. The lowest BCUT2D eigenvalue weighted by Crippen LogP contribution is -2.26. The number of aromatic nitrogens is 4. The molecular weight excluding hydrogens is 350 g/mol. The van der Waals surface area contributed by atoms with E-state index in [0.29, 0.717) is 42.7 Å². The van der Waals surface area contributed by atoms with E-state index in [1.807, 2.05) is 12.1 Å². The van der Waals surface area contributed by atoms with Gasteiger partial charge in [0.1, 0.15) is 11.8 Å². The van der Waals surface area contributed by atoms with Crippen LogP contribution in [0.5, 0.6) is 0 Å². The van der Waals surface area contributed by atoms with Gasteiger partial charge in [-0.1, -0.05) is 0 Å². The molecule has 0 aliphatic rings. The van der Waals surface area contributed by atoms with Gasteiger partial charge in [-0.15, -0.1) is 0 Å². The molecule has 3 aromatic heterocycles. The second kappa shape index (κ2) is 8.13. The number of carbonyl (C=O) groups is 2. The smallest absolute Gasteiger partial charge is 0.404 e. The number of hydrogen-bond donors (Lipinski definition) is 4. The summed E-state index contributed by atoms with van der Waals surface area (Å²) in [5.41, 5.74) is 8.35. The predicted molar refractivity (Wildman–Crippen MR) is 98.2 cm³/mol. The first-order chi connectivity index (χ1) is 13.1. The van der Waals surface area contributed by atoms with E-state index >= 15 is 0 Å². The number of nitrogens with two attached hydrogens (primary N) is 1. The average Bonchev–Trinajstić information content (AvgIpc) is 3.06. The van der Waals surface area contributed by atoms with E-state index < -0.39 is 6.09 Å². The summed E-state index contributed by atoms with van der Waals surface area (Å²) in [6.45, 7) is 0.753. The topological polar surface area (TPSA) is 148 Å². The molecule has 3 aromatic rings. The van der Waals surface area contributed by atoms with Gasteiger partial charge in [-0.05, 0) is 31.0 Å². The minimum absolute atomic E-state index is 0.209. The second-order valence-corrected chi connectivity index (χ2v) is 5.78. The Morgan fingerprint density at radius 1 is 1.15 bits per heavy atom. The molecule has 0 aliphatic carbocycles. The number of unbranched alkanes of at least 4 members (excludes halogenated alkanes) is 1. The minimum atomic E-state index is -1.06. The van der Waals surface area contributed by atoms with Crippen molar-refractivity contribution in [3.63, 3.8) is 0 Å². The third kappa shape index (κ3) is 4.11. The van der Waals surface area contributed by atoms with E-state index in [0.717, 1.165) is 5.56 Å². The van der Waals surface area contributed by atoms with Crippen molar-refractivity contribution in [2.75, 3.05) is 18.8 Å². The largest absolute Gasteiger partial charge is 0.465 e. The summed E-state index contributed by atoms with van der Waals surface area (Å²) in [5, 5.41) is 17.8. The van der Waals surface area contributed by atoms with Crippen molar-refractivity contribution in [3.8, 4) is 11.3 Å². The highest BCUT2D eigenvalue weighted by Gasteiger charge is 2.19. The Kier molecular flexibility index (Phi) is 5.45. The second-order valence-electron chi connectivity index (χ2n) is 5.78. The van der Waals surface area contributed by atoms with Gasteiger partial charge in [0.05, 0.1) is 11.3 Å². The van der Waals surface area contributed by atoms with Crippen molar-refractivity contribution in [2.24, 2.45) is 0 Å². The molecule has 0 unspecified atom stereocenters. The molecule has 0 saturated carbocycles. The van der Waals surface area contributed by atoms with E-state index in [4.69, 9.17) is 10.8 Å². The third-order valence-electron chi connectivity index (χ3n) is 3.97. The fraction of sp³-hybridized carbons (Fsp3) is 0.235. The number of anilines is 1. The van der Waals surface area contributed by atoms with Crippen molar-refractivity contribution in [1.82, 2.24) is 30.2 Å². The highest BCUT2D eigenvalue weighted by atomic mass is 16.4. The minimum Gasteiger partial charge on any atom is -0.465 e. The van der Waals surface area contributed by atoms with Crippen LogP contribution in [0.1, 0.15) is 23.2 Å². The Labute approximate surface area is 154 Å². The highest BCUT2D eigenvalue weighted by molar-refractivity contribution is 6.05. The molecule has 3 heterocycles. The SMILES string of the molecule is Nc1ncnn2c(-c3ccncc3)cc(C(=O)NCCCCNC(=O)O)c12. The molecule has 0 bridgehead atoms. The fourth-order valence-electron chi connectivity index (χ4n) is 2.71. The molecule has 10 heteroatoms. The van der Waals surface area contributed by atoms with Gasteiger partial charge >= 0.3 is 6.09 Å². The van der Waals surface area contributed by atoms with Crippen LogP contribution < -0.4 is 16.4 Å². The summed E-state index contributed by atoms with van der Waals surface area (Å²) in [5.74, 6) is -0.0818. The maximum absolute atomic E-state index is 12.6. The first-order valence-corrected chi connectivity index (χ1v) is 8.35. The van der Waals surface area contributed by atoms with Gasteiger partial charge in [0.2, 0.25) is 0 Å². The molecule has 0 atom stereocenters. The van der Waals surface area contributed by atoms with Crippen molar-refractivity contribution in [3.05, 3.63) is 42.5 Å². The van der Waals surface area contributed by atoms with Gasteiger partial charge in [-0.2, -0.15) is 5.10 Å². The van der Waals surface area contributed by atoms with E-state index in [1.54, 1.807) is 23.0 Å². The summed E-state index contributed by atoms with van der Waals surface area (Å²) in [7, 11) is 0.